The lowest BCUT2D eigenvalue weighted by Crippen LogP contribution is -2.17. The van der Waals surface area contributed by atoms with E-state index in [1.807, 2.05) is 52.8 Å². The van der Waals surface area contributed by atoms with Crippen molar-refractivity contribution in [1.82, 2.24) is 29.3 Å². The maximum atomic E-state index is 11.5. The van der Waals surface area contributed by atoms with Crippen LogP contribution in [0.25, 0.3) is 22.5 Å². The standard InChI is InChI=1S/C36H30IN11O2/c1-19-7-9-25(15-27(19)37)42-35-40-13-11-28(44-35)33-21(3)31(17-38)46(23(33)5)47-24(6)34(22(4)32(47)18-39)29-12-14-41-36(45-29)43-26-10-8-20(2)30(16-26)48(49)50/h7-16H,1-6H3,(H,40,42,44)(H,41,43,45). The van der Waals surface area contributed by atoms with E-state index in [1.54, 1.807) is 52.9 Å². The highest BCUT2D eigenvalue weighted by atomic mass is 127. The summed E-state index contributed by atoms with van der Waals surface area (Å²) >= 11 is 2.29. The number of nitro benzene ring substituents is 1. The first-order chi connectivity index (χ1) is 23.9. The van der Waals surface area contributed by atoms with Gasteiger partial charge in [-0.2, -0.15) is 10.5 Å². The van der Waals surface area contributed by atoms with Crippen molar-refractivity contribution in [3.63, 3.8) is 0 Å². The average molecular weight is 776 g/mol. The molecule has 6 aromatic rings. The van der Waals surface area contributed by atoms with Crippen LogP contribution in [0.1, 0.15) is 45.0 Å². The second kappa shape index (κ2) is 13.4. The molecule has 0 saturated carbocycles. The van der Waals surface area contributed by atoms with Gasteiger partial charge < -0.3 is 10.6 Å². The molecule has 13 nitrogen and oxygen atoms in total. The fourth-order valence-corrected chi connectivity index (χ4v) is 6.61. The normalized spacial score (nSPS) is 10.8. The zero-order valence-electron chi connectivity index (χ0n) is 28.0. The molecule has 0 aliphatic carbocycles. The maximum Gasteiger partial charge on any atom is 0.274 e. The van der Waals surface area contributed by atoms with Gasteiger partial charge in [0, 0.05) is 61.5 Å². The van der Waals surface area contributed by atoms with Gasteiger partial charge in [-0.1, -0.05) is 12.1 Å². The molecule has 2 N–H and O–H groups in total. The van der Waals surface area contributed by atoms with Crippen LogP contribution >= 0.6 is 22.6 Å². The van der Waals surface area contributed by atoms with Crippen LogP contribution < -0.4 is 10.6 Å². The largest absolute Gasteiger partial charge is 0.324 e. The smallest absolute Gasteiger partial charge is 0.274 e. The SMILES string of the molecule is Cc1ccc(Nc2nccc(-c3c(C)c(C#N)n(-n4c(C)c(-c5ccnc(Nc6ccc(C)c([N+](=O)[O-])c6)n5)c(C)c4C#N)c3C)n2)cc1I. The second-order valence-electron chi connectivity index (χ2n) is 11.7. The van der Waals surface area contributed by atoms with Crippen molar-refractivity contribution in [2.24, 2.45) is 0 Å². The third-order valence-electron chi connectivity index (χ3n) is 8.57. The number of anilines is 4. The summed E-state index contributed by atoms with van der Waals surface area (Å²) < 4.78 is 4.60. The van der Waals surface area contributed by atoms with Gasteiger partial charge in [0.2, 0.25) is 11.9 Å². The summed E-state index contributed by atoms with van der Waals surface area (Å²) in [5.41, 5.74) is 9.05. The van der Waals surface area contributed by atoms with Crippen LogP contribution in [0.4, 0.5) is 29.0 Å². The van der Waals surface area contributed by atoms with E-state index in [0.717, 1.165) is 14.8 Å². The Bertz CT molecular complexity index is 2430. The van der Waals surface area contributed by atoms with Crippen LogP contribution in [0.15, 0.2) is 60.9 Å². The lowest BCUT2D eigenvalue weighted by Gasteiger charge is -2.15. The molecule has 0 radical (unpaired) electrons. The average Bonchev–Trinajstić information content (AvgIpc) is 3.49. The molecule has 0 bridgehead atoms. The fraction of sp³-hybridized carbons (Fsp3) is 0.167. The molecule has 6 rings (SSSR count). The molecule has 14 heteroatoms. The van der Waals surface area contributed by atoms with Gasteiger partial charge in [0.1, 0.15) is 23.5 Å². The third-order valence-corrected chi connectivity index (χ3v) is 9.73. The van der Waals surface area contributed by atoms with Crippen molar-refractivity contribution in [2.75, 3.05) is 10.6 Å². The van der Waals surface area contributed by atoms with Crippen molar-refractivity contribution in [2.45, 2.75) is 41.5 Å². The molecule has 2 aromatic carbocycles. The summed E-state index contributed by atoms with van der Waals surface area (Å²) in [6.45, 7) is 11.2. The van der Waals surface area contributed by atoms with Gasteiger partial charge >= 0.3 is 0 Å². The molecule has 4 aromatic heterocycles. The maximum absolute atomic E-state index is 11.5. The molecule has 248 valence electrons. The number of nitrogens with one attached hydrogen (secondary N) is 2. The van der Waals surface area contributed by atoms with Gasteiger partial charge in [0.15, 0.2) is 0 Å². The lowest BCUT2D eigenvalue weighted by molar-refractivity contribution is -0.385. The van der Waals surface area contributed by atoms with E-state index in [0.29, 0.717) is 68.1 Å². The Hall–Kier alpha value is -6.13. The van der Waals surface area contributed by atoms with Crippen LogP contribution in [-0.4, -0.2) is 34.2 Å². The first-order valence-electron chi connectivity index (χ1n) is 15.4. The Morgan fingerprint density at radius 2 is 1.18 bits per heavy atom. The number of benzene rings is 2. The van der Waals surface area contributed by atoms with Gasteiger partial charge in [-0.25, -0.2) is 29.3 Å². The van der Waals surface area contributed by atoms with Gasteiger partial charge in [-0.05, 0) is 111 Å². The molecule has 0 aliphatic heterocycles. The van der Waals surface area contributed by atoms with Gasteiger partial charge in [-0.15, -0.1) is 0 Å². The second-order valence-corrected chi connectivity index (χ2v) is 12.9. The van der Waals surface area contributed by atoms with Crippen LogP contribution in [0.5, 0.6) is 0 Å². The predicted octanol–water partition coefficient (Wildman–Crippen LogP) is 8.11. The molecular weight excluding hydrogens is 745 g/mol. The topological polar surface area (TPSA) is 176 Å². The number of nitro groups is 1. The number of rotatable bonds is 8. The van der Waals surface area contributed by atoms with Gasteiger partial charge in [0.05, 0.1) is 16.3 Å². The zero-order valence-corrected chi connectivity index (χ0v) is 30.2. The van der Waals surface area contributed by atoms with Crippen molar-refractivity contribution >= 4 is 51.5 Å². The summed E-state index contributed by atoms with van der Waals surface area (Å²) in [7, 11) is 0. The van der Waals surface area contributed by atoms with E-state index in [2.05, 4.69) is 55.3 Å². The number of nitriles is 2. The van der Waals surface area contributed by atoms with E-state index in [9.17, 15) is 20.6 Å². The summed E-state index contributed by atoms with van der Waals surface area (Å²) in [6, 6.07) is 19.1. The molecule has 0 amide bonds. The summed E-state index contributed by atoms with van der Waals surface area (Å²) in [5, 5.41) is 38.7. The highest BCUT2D eigenvalue weighted by Gasteiger charge is 2.27. The minimum atomic E-state index is -0.436. The van der Waals surface area contributed by atoms with Gasteiger partial charge in [-0.3, -0.25) is 10.1 Å². The number of aryl methyl sites for hydroxylation is 2. The minimum absolute atomic E-state index is 0.0193. The van der Waals surface area contributed by atoms with Crippen molar-refractivity contribution in [1.29, 1.82) is 10.5 Å². The number of aromatic nitrogens is 6. The lowest BCUT2D eigenvalue weighted by atomic mass is 10.1. The Labute approximate surface area is 301 Å². The Morgan fingerprint density at radius 3 is 1.62 bits per heavy atom. The molecular formula is C36H30IN11O2. The van der Waals surface area contributed by atoms with Crippen LogP contribution in [0.2, 0.25) is 0 Å². The molecule has 0 atom stereocenters. The Kier molecular flexibility index (Phi) is 9.05. The highest BCUT2D eigenvalue weighted by molar-refractivity contribution is 14.1. The summed E-state index contributed by atoms with van der Waals surface area (Å²) in [4.78, 5) is 29.3. The van der Waals surface area contributed by atoms with E-state index in [4.69, 9.17) is 9.97 Å². The number of hydrogen-bond acceptors (Lipinski definition) is 10. The zero-order chi connectivity index (χ0) is 35.9. The van der Waals surface area contributed by atoms with Crippen molar-refractivity contribution in [3.05, 3.63) is 120 Å². The molecule has 0 unspecified atom stereocenters. The van der Waals surface area contributed by atoms with Crippen LogP contribution in [0, 0.1) is 77.9 Å². The monoisotopic (exact) mass is 775 g/mol. The summed E-state index contributed by atoms with van der Waals surface area (Å²) in [6.07, 6.45) is 3.25. The molecule has 0 aliphatic rings. The van der Waals surface area contributed by atoms with Crippen molar-refractivity contribution < 1.29 is 4.92 Å². The molecule has 50 heavy (non-hydrogen) atoms. The Morgan fingerprint density at radius 1 is 0.720 bits per heavy atom. The van der Waals surface area contributed by atoms with E-state index >= 15 is 0 Å². The number of nitrogens with zero attached hydrogens (tertiary/aromatic N) is 9. The third kappa shape index (κ3) is 6.01. The van der Waals surface area contributed by atoms with E-state index in [-0.39, 0.29) is 11.6 Å². The van der Waals surface area contributed by atoms with Crippen LogP contribution in [-0.2, 0) is 0 Å². The first-order valence-corrected chi connectivity index (χ1v) is 16.5. The molecule has 0 spiro atoms. The van der Waals surface area contributed by atoms with Crippen molar-refractivity contribution in [3.8, 4) is 34.7 Å². The number of hydrogen-bond donors (Lipinski definition) is 2. The minimum Gasteiger partial charge on any atom is -0.324 e. The van der Waals surface area contributed by atoms with Crippen LogP contribution in [0.3, 0.4) is 0 Å². The number of halogens is 1. The predicted molar refractivity (Wildman–Crippen MR) is 198 cm³/mol. The molecule has 0 fully saturated rings. The fourth-order valence-electron chi connectivity index (χ4n) is 6.09. The summed E-state index contributed by atoms with van der Waals surface area (Å²) in [5.74, 6) is 0.640. The molecule has 4 heterocycles. The highest BCUT2D eigenvalue weighted by Crippen LogP contribution is 2.36. The Balaban J connectivity index is 1.43. The van der Waals surface area contributed by atoms with E-state index < -0.39 is 4.92 Å². The molecule has 0 saturated heterocycles. The van der Waals surface area contributed by atoms with Gasteiger partial charge in [0.25, 0.3) is 5.69 Å². The van der Waals surface area contributed by atoms with E-state index in [1.165, 1.54) is 11.6 Å². The first kappa shape index (κ1) is 33.8. The quantitative estimate of drug-likeness (QED) is 0.0873.